The maximum Gasteiger partial charge on any atom is 0.374 e. The van der Waals surface area contributed by atoms with Gasteiger partial charge in [-0.05, 0) is 27.7 Å². The molecule has 3 rings (SSSR count). The molecule has 154 valence electrons. The van der Waals surface area contributed by atoms with E-state index in [2.05, 4.69) is 4.90 Å². The van der Waals surface area contributed by atoms with Crippen molar-refractivity contribution in [2.75, 3.05) is 39.5 Å². The molecule has 0 unspecified atom stereocenters. The third-order valence-corrected chi connectivity index (χ3v) is 4.25. The third-order valence-electron chi connectivity index (χ3n) is 4.25. The standard InChI is InChI=1S/C21H29NO6/c1-14(2)26-16-11-18(27-15(3)4)17-13-20(28-19(17)12-16)21(23)25-10-7-22-5-8-24-9-6-22/h11-15H,5-10H2,1-4H3. The first-order valence-corrected chi connectivity index (χ1v) is 9.80. The maximum absolute atomic E-state index is 12.4. The molecule has 0 N–H and O–H groups in total. The number of hydrogen-bond acceptors (Lipinski definition) is 7. The zero-order valence-corrected chi connectivity index (χ0v) is 17.0. The fourth-order valence-electron chi connectivity index (χ4n) is 3.04. The first-order valence-electron chi connectivity index (χ1n) is 9.80. The van der Waals surface area contributed by atoms with Gasteiger partial charge in [0.25, 0.3) is 0 Å². The van der Waals surface area contributed by atoms with E-state index >= 15 is 0 Å². The Morgan fingerprint density at radius 2 is 1.79 bits per heavy atom. The van der Waals surface area contributed by atoms with Gasteiger partial charge >= 0.3 is 5.97 Å². The quantitative estimate of drug-likeness (QED) is 0.638. The van der Waals surface area contributed by atoms with Crippen LogP contribution in [0.2, 0.25) is 0 Å². The molecule has 0 radical (unpaired) electrons. The Balaban J connectivity index is 1.72. The Labute approximate surface area is 165 Å². The molecule has 1 saturated heterocycles. The van der Waals surface area contributed by atoms with E-state index < -0.39 is 5.97 Å². The smallest absolute Gasteiger partial charge is 0.374 e. The topological polar surface area (TPSA) is 70.4 Å². The highest BCUT2D eigenvalue weighted by atomic mass is 16.5. The molecular formula is C21H29NO6. The van der Waals surface area contributed by atoms with Gasteiger partial charge in [-0.15, -0.1) is 0 Å². The van der Waals surface area contributed by atoms with Gasteiger partial charge in [0.1, 0.15) is 23.7 Å². The van der Waals surface area contributed by atoms with E-state index in [9.17, 15) is 4.79 Å². The van der Waals surface area contributed by atoms with E-state index in [0.29, 0.717) is 30.2 Å². The Kier molecular flexibility index (Phi) is 6.80. The predicted octanol–water partition coefficient (Wildman–Crippen LogP) is 3.50. The molecule has 7 nitrogen and oxygen atoms in total. The Morgan fingerprint density at radius 3 is 2.46 bits per heavy atom. The summed E-state index contributed by atoms with van der Waals surface area (Å²) in [6.45, 7) is 11.9. The Bertz CT molecular complexity index is 792. The summed E-state index contributed by atoms with van der Waals surface area (Å²) in [7, 11) is 0. The zero-order valence-electron chi connectivity index (χ0n) is 17.0. The minimum Gasteiger partial charge on any atom is -0.491 e. The second-order valence-corrected chi connectivity index (χ2v) is 7.37. The summed E-state index contributed by atoms with van der Waals surface area (Å²) in [5.74, 6) is 0.942. The average Bonchev–Trinajstić information content (AvgIpc) is 3.06. The average molecular weight is 391 g/mol. The van der Waals surface area contributed by atoms with Gasteiger partial charge in [-0.25, -0.2) is 4.79 Å². The first kappa shape index (κ1) is 20.5. The van der Waals surface area contributed by atoms with Gasteiger partial charge in [0, 0.05) is 37.8 Å². The number of furan rings is 1. The molecular weight excluding hydrogens is 362 g/mol. The summed E-state index contributed by atoms with van der Waals surface area (Å²) in [6.07, 6.45) is 0.000240. The van der Waals surface area contributed by atoms with E-state index in [0.717, 1.165) is 31.7 Å². The van der Waals surface area contributed by atoms with Gasteiger partial charge in [0.2, 0.25) is 5.76 Å². The highest BCUT2D eigenvalue weighted by molar-refractivity contribution is 5.95. The Morgan fingerprint density at radius 1 is 1.07 bits per heavy atom. The van der Waals surface area contributed by atoms with Gasteiger partial charge in [0.05, 0.1) is 30.8 Å². The number of carbonyl (C=O) groups excluding carboxylic acids is 1. The summed E-state index contributed by atoms with van der Waals surface area (Å²) in [5.41, 5.74) is 0.536. The minimum atomic E-state index is -0.480. The highest BCUT2D eigenvalue weighted by Crippen LogP contribution is 2.35. The number of ether oxygens (including phenoxy) is 4. The summed E-state index contributed by atoms with van der Waals surface area (Å²) >= 11 is 0. The molecule has 0 amide bonds. The van der Waals surface area contributed by atoms with Crippen molar-refractivity contribution in [1.29, 1.82) is 0 Å². The first-order chi connectivity index (χ1) is 13.4. The number of nitrogens with zero attached hydrogens (tertiary/aromatic N) is 1. The summed E-state index contributed by atoms with van der Waals surface area (Å²) in [6, 6.07) is 5.27. The highest BCUT2D eigenvalue weighted by Gasteiger charge is 2.19. The molecule has 2 aromatic rings. The van der Waals surface area contributed by atoms with Crippen molar-refractivity contribution < 1.29 is 28.2 Å². The number of carbonyl (C=O) groups is 1. The number of hydrogen-bond donors (Lipinski definition) is 0. The van der Waals surface area contributed by atoms with Crippen molar-refractivity contribution in [1.82, 2.24) is 4.90 Å². The molecule has 0 atom stereocenters. The Hall–Kier alpha value is -2.25. The molecule has 0 aliphatic carbocycles. The van der Waals surface area contributed by atoms with Crippen molar-refractivity contribution in [2.45, 2.75) is 39.9 Å². The van der Waals surface area contributed by atoms with Crippen LogP contribution in [-0.4, -0.2) is 62.5 Å². The van der Waals surface area contributed by atoms with Crippen LogP contribution in [0.15, 0.2) is 22.6 Å². The van der Waals surface area contributed by atoms with Crippen molar-refractivity contribution >= 4 is 16.9 Å². The summed E-state index contributed by atoms with van der Waals surface area (Å²) < 4.78 is 28.1. The van der Waals surface area contributed by atoms with E-state index in [1.54, 1.807) is 12.1 Å². The molecule has 1 aliphatic heterocycles. The molecule has 2 heterocycles. The van der Waals surface area contributed by atoms with Gasteiger partial charge in [-0.1, -0.05) is 0 Å². The number of morpholine rings is 1. The minimum absolute atomic E-state index is 0.0173. The van der Waals surface area contributed by atoms with Crippen LogP contribution in [-0.2, 0) is 9.47 Å². The lowest BCUT2D eigenvalue weighted by molar-refractivity contribution is 0.0183. The molecule has 0 saturated carbocycles. The number of benzene rings is 1. The van der Waals surface area contributed by atoms with Crippen LogP contribution in [0.25, 0.3) is 11.0 Å². The van der Waals surface area contributed by atoms with Crippen LogP contribution < -0.4 is 9.47 Å². The van der Waals surface area contributed by atoms with Crippen LogP contribution in [0.4, 0.5) is 0 Å². The van der Waals surface area contributed by atoms with Crippen LogP contribution in [0.3, 0.4) is 0 Å². The van der Waals surface area contributed by atoms with Gasteiger partial charge in [0.15, 0.2) is 0 Å². The zero-order chi connectivity index (χ0) is 20.1. The molecule has 28 heavy (non-hydrogen) atoms. The second kappa shape index (κ2) is 9.30. The fraction of sp³-hybridized carbons (Fsp3) is 0.571. The van der Waals surface area contributed by atoms with Crippen molar-refractivity contribution in [2.24, 2.45) is 0 Å². The SMILES string of the molecule is CC(C)Oc1cc(OC(C)C)c2cc(C(=O)OCCN3CCOCC3)oc2c1. The molecule has 1 fully saturated rings. The second-order valence-electron chi connectivity index (χ2n) is 7.37. The van der Waals surface area contributed by atoms with E-state index in [1.807, 2.05) is 33.8 Å². The van der Waals surface area contributed by atoms with Crippen LogP contribution in [0.5, 0.6) is 11.5 Å². The predicted molar refractivity (Wildman–Crippen MR) is 105 cm³/mol. The van der Waals surface area contributed by atoms with Crippen LogP contribution in [0.1, 0.15) is 38.2 Å². The van der Waals surface area contributed by atoms with Crippen LogP contribution >= 0.6 is 0 Å². The molecule has 1 aliphatic rings. The van der Waals surface area contributed by atoms with Gasteiger partial charge in [-0.3, -0.25) is 4.90 Å². The van der Waals surface area contributed by atoms with E-state index in [-0.39, 0.29) is 18.0 Å². The normalized spacial score (nSPS) is 15.4. The van der Waals surface area contributed by atoms with Crippen molar-refractivity contribution in [3.05, 3.63) is 24.0 Å². The number of esters is 1. The lowest BCUT2D eigenvalue weighted by Gasteiger charge is -2.25. The lowest BCUT2D eigenvalue weighted by Crippen LogP contribution is -2.38. The molecule has 0 spiro atoms. The number of rotatable bonds is 8. The largest absolute Gasteiger partial charge is 0.491 e. The molecule has 1 aromatic heterocycles. The molecule has 1 aromatic carbocycles. The van der Waals surface area contributed by atoms with Crippen molar-refractivity contribution in [3.8, 4) is 11.5 Å². The van der Waals surface area contributed by atoms with Crippen molar-refractivity contribution in [3.63, 3.8) is 0 Å². The lowest BCUT2D eigenvalue weighted by atomic mass is 10.2. The van der Waals surface area contributed by atoms with Gasteiger partial charge < -0.3 is 23.4 Å². The third kappa shape index (κ3) is 5.39. The van der Waals surface area contributed by atoms with E-state index in [4.69, 9.17) is 23.4 Å². The molecule has 0 bridgehead atoms. The molecule has 7 heteroatoms. The maximum atomic E-state index is 12.4. The van der Waals surface area contributed by atoms with Gasteiger partial charge in [-0.2, -0.15) is 0 Å². The summed E-state index contributed by atoms with van der Waals surface area (Å²) in [4.78, 5) is 14.6. The monoisotopic (exact) mass is 391 g/mol. The van der Waals surface area contributed by atoms with E-state index in [1.165, 1.54) is 0 Å². The number of fused-ring (bicyclic) bond motifs is 1. The van der Waals surface area contributed by atoms with Crippen LogP contribution in [0, 0.1) is 0 Å². The summed E-state index contributed by atoms with van der Waals surface area (Å²) in [5, 5.41) is 0.727. The fourth-order valence-corrected chi connectivity index (χ4v) is 3.04.